The van der Waals surface area contributed by atoms with Crippen molar-refractivity contribution in [3.63, 3.8) is 0 Å². The van der Waals surface area contributed by atoms with Crippen LogP contribution in [0.2, 0.25) is 5.02 Å². The van der Waals surface area contributed by atoms with E-state index in [9.17, 15) is 13.3 Å². The van der Waals surface area contributed by atoms with Crippen LogP contribution in [0.1, 0.15) is 5.56 Å². The Kier molecular flexibility index (Phi) is 2.04. The highest BCUT2D eigenvalue weighted by atomic mass is 35.5. The van der Waals surface area contributed by atoms with Crippen LogP contribution in [-0.2, 0) is 0 Å². The molecule has 0 unspecified atom stereocenters. The van der Waals surface area contributed by atoms with Crippen molar-refractivity contribution in [2.45, 2.75) is 6.92 Å². The summed E-state index contributed by atoms with van der Waals surface area (Å²) in [5, 5.41) is -0.438. The monoisotopic (exact) mass is 235 g/mol. The van der Waals surface area contributed by atoms with Crippen molar-refractivity contribution in [2.75, 3.05) is 5.73 Å². The van der Waals surface area contributed by atoms with Crippen molar-refractivity contribution in [3.8, 4) is 0 Å². The lowest BCUT2D eigenvalue weighted by atomic mass is 10.2. The Morgan fingerprint density at radius 1 is 1.33 bits per heavy atom. The average Bonchev–Trinajstić information content (AvgIpc) is 2.50. The Morgan fingerprint density at radius 3 is 2.53 bits per heavy atom. The Morgan fingerprint density at radius 2 is 1.93 bits per heavy atom. The molecule has 7 heteroatoms. The van der Waals surface area contributed by atoms with Gasteiger partial charge in [-0.25, -0.2) is 13.8 Å². The number of anilines is 1. The molecule has 1 aromatic carbocycles. The normalized spacial score (nSPS) is 11.3. The zero-order valence-electron chi connectivity index (χ0n) is 7.48. The number of halogens is 4. The van der Waals surface area contributed by atoms with E-state index in [1.165, 1.54) is 0 Å². The van der Waals surface area contributed by atoms with E-state index >= 15 is 0 Å². The largest absolute Gasteiger partial charge is 0.367 e. The van der Waals surface area contributed by atoms with E-state index < -0.39 is 28.1 Å². The highest BCUT2D eigenvalue weighted by Crippen LogP contribution is 2.32. The minimum atomic E-state index is -1.06. The molecule has 2 aromatic rings. The third-order valence-corrected chi connectivity index (χ3v) is 2.46. The Balaban J connectivity index is 3.07. The van der Waals surface area contributed by atoms with Gasteiger partial charge in [-0.3, -0.25) is 0 Å². The zero-order valence-corrected chi connectivity index (χ0v) is 8.24. The summed E-state index contributed by atoms with van der Waals surface area (Å²) in [6.07, 6.45) is 0. The maximum atomic E-state index is 13.5. The van der Waals surface area contributed by atoms with Crippen LogP contribution in [0.4, 0.5) is 19.2 Å². The van der Waals surface area contributed by atoms with Crippen molar-refractivity contribution in [1.82, 2.24) is 9.77 Å². The molecule has 0 saturated carbocycles. The van der Waals surface area contributed by atoms with Crippen LogP contribution in [0.25, 0.3) is 11.0 Å². The van der Waals surface area contributed by atoms with Crippen LogP contribution >= 0.6 is 11.6 Å². The first-order valence-corrected chi connectivity index (χ1v) is 4.30. The van der Waals surface area contributed by atoms with Crippen LogP contribution < -0.4 is 5.73 Å². The molecule has 2 rings (SSSR count). The summed E-state index contributed by atoms with van der Waals surface area (Å²) in [7, 11) is 0. The molecule has 0 atom stereocenters. The van der Waals surface area contributed by atoms with Gasteiger partial charge in [0.1, 0.15) is 21.9 Å². The van der Waals surface area contributed by atoms with Crippen LogP contribution in [0, 0.1) is 18.6 Å². The molecule has 0 amide bonds. The summed E-state index contributed by atoms with van der Waals surface area (Å²) < 4.78 is 40.0. The molecule has 2 N–H and O–H groups in total. The van der Waals surface area contributed by atoms with Crippen LogP contribution in [0.5, 0.6) is 0 Å². The van der Waals surface area contributed by atoms with Crippen molar-refractivity contribution in [3.05, 3.63) is 22.2 Å². The summed E-state index contributed by atoms with van der Waals surface area (Å²) in [6.45, 7) is 1.15. The fraction of sp³-hybridized carbons (Fsp3) is 0.125. The number of aromatic nitrogens is 2. The van der Waals surface area contributed by atoms with Gasteiger partial charge < -0.3 is 5.73 Å². The lowest BCUT2D eigenvalue weighted by Crippen LogP contribution is -1.96. The molecule has 1 heterocycles. The van der Waals surface area contributed by atoms with Crippen LogP contribution in [-0.4, -0.2) is 9.77 Å². The fourth-order valence-corrected chi connectivity index (χ4v) is 1.58. The van der Waals surface area contributed by atoms with E-state index in [0.717, 1.165) is 6.92 Å². The number of rotatable bonds is 0. The quantitative estimate of drug-likeness (QED) is 0.714. The fourth-order valence-electron chi connectivity index (χ4n) is 1.30. The van der Waals surface area contributed by atoms with Gasteiger partial charge in [-0.2, -0.15) is 0 Å². The van der Waals surface area contributed by atoms with Crippen molar-refractivity contribution in [2.24, 2.45) is 0 Å². The molecule has 15 heavy (non-hydrogen) atoms. The second kappa shape index (κ2) is 3.03. The van der Waals surface area contributed by atoms with E-state index in [1.54, 1.807) is 0 Å². The van der Waals surface area contributed by atoms with Gasteiger partial charge in [0.05, 0.1) is 0 Å². The Labute approximate surface area is 87.2 Å². The Hall–Kier alpha value is -1.43. The summed E-state index contributed by atoms with van der Waals surface area (Å²) in [5.41, 5.74) is 3.88. The second-order valence-electron chi connectivity index (χ2n) is 3.01. The molecule has 80 valence electrons. The molecule has 0 aliphatic heterocycles. The molecule has 1 aromatic heterocycles. The maximum Gasteiger partial charge on any atom is 0.230 e. The highest BCUT2D eigenvalue weighted by Gasteiger charge is 2.22. The van der Waals surface area contributed by atoms with Gasteiger partial charge in [-0.05, 0) is 6.92 Å². The molecule has 3 nitrogen and oxygen atoms in total. The molecule has 0 radical (unpaired) electrons. The predicted molar refractivity (Wildman–Crippen MR) is 50.3 cm³/mol. The van der Waals surface area contributed by atoms with Gasteiger partial charge in [-0.1, -0.05) is 16.1 Å². The molecule has 0 fully saturated rings. The summed E-state index contributed by atoms with van der Waals surface area (Å²) >= 11 is 5.55. The van der Waals surface area contributed by atoms with Gasteiger partial charge in [0.2, 0.25) is 5.95 Å². The van der Waals surface area contributed by atoms with Gasteiger partial charge in [0, 0.05) is 5.56 Å². The first-order chi connectivity index (χ1) is 6.95. The van der Waals surface area contributed by atoms with Gasteiger partial charge >= 0.3 is 0 Å². The van der Waals surface area contributed by atoms with Crippen molar-refractivity contribution < 1.29 is 13.3 Å². The third-order valence-electron chi connectivity index (χ3n) is 2.12. The van der Waals surface area contributed by atoms with E-state index in [0.29, 0.717) is 0 Å². The highest BCUT2D eigenvalue weighted by molar-refractivity contribution is 6.35. The molecule has 0 saturated heterocycles. The number of nitrogen functional groups attached to an aromatic ring is 1. The second-order valence-corrected chi connectivity index (χ2v) is 3.39. The summed E-state index contributed by atoms with van der Waals surface area (Å²) in [6, 6.07) is 0. The Bertz CT molecular complexity index is 564. The minimum Gasteiger partial charge on any atom is -0.367 e. The number of nitrogens with two attached hydrogens (primary N) is 1. The lowest BCUT2D eigenvalue weighted by Gasteiger charge is -2.02. The number of imidazole rings is 1. The van der Waals surface area contributed by atoms with E-state index in [2.05, 4.69) is 4.98 Å². The van der Waals surface area contributed by atoms with E-state index in [4.69, 9.17) is 17.3 Å². The van der Waals surface area contributed by atoms with Crippen LogP contribution in [0.15, 0.2) is 0 Å². The molecular formula is C8H5ClF3N3. The van der Waals surface area contributed by atoms with E-state index in [1.807, 2.05) is 0 Å². The predicted octanol–water partition coefficient (Wildman–Crippen LogP) is 2.59. The molecule has 0 bridgehead atoms. The minimum absolute atomic E-state index is 0.164. The molecular weight excluding hydrogens is 231 g/mol. The van der Waals surface area contributed by atoms with E-state index in [-0.39, 0.29) is 15.9 Å². The number of nitrogens with zero attached hydrogens (tertiary/aromatic N) is 2. The van der Waals surface area contributed by atoms with Gasteiger partial charge in [0.25, 0.3) is 0 Å². The van der Waals surface area contributed by atoms with Gasteiger partial charge in [-0.15, -0.1) is 4.79 Å². The topological polar surface area (TPSA) is 43.8 Å². The average molecular weight is 236 g/mol. The third kappa shape index (κ3) is 1.18. The smallest absolute Gasteiger partial charge is 0.230 e. The first kappa shape index (κ1) is 10.1. The number of benzene rings is 1. The molecule has 0 spiro atoms. The van der Waals surface area contributed by atoms with Crippen molar-refractivity contribution >= 4 is 28.6 Å². The lowest BCUT2D eigenvalue weighted by molar-refractivity contribution is 0.387. The first-order valence-electron chi connectivity index (χ1n) is 3.92. The summed E-state index contributed by atoms with van der Waals surface area (Å²) in [4.78, 5) is 3.27. The van der Waals surface area contributed by atoms with Crippen molar-refractivity contribution in [1.29, 1.82) is 0 Å². The maximum absolute atomic E-state index is 13.5. The number of hydrogen-bond donors (Lipinski definition) is 1. The SMILES string of the molecule is Cc1c(F)c(Cl)c2nc(N)n(F)c2c1F. The van der Waals surface area contributed by atoms with Gasteiger partial charge in [0.15, 0.2) is 5.82 Å². The number of hydrogen-bond acceptors (Lipinski definition) is 2. The van der Waals surface area contributed by atoms with Crippen LogP contribution in [0.3, 0.4) is 0 Å². The molecule has 0 aliphatic rings. The number of fused-ring (bicyclic) bond motifs is 1. The zero-order chi connectivity index (χ0) is 11.3. The molecule has 0 aliphatic carbocycles. The summed E-state index contributed by atoms with van der Waals surface area (Å²) in [5.74, 6) is -2.59. The standard InChI is InChI=1S/C8H5ClF3N3/c1-2-4(10)3(9)6-7(5(2)11)15(12)8(13)14-6/h1H3,(H2,13,14).